The molecular formula is C48H48F2N2O12S2. The molecule has 0 aliphatic heterocycles. The largest absolute Gasteiger partial charge is 0.480 e. The number of esters is 1. The van der Waals surface area contributed by atoms with Gasteiger partial charge in [-0.05, 0) is 116 Å². The van der Waals surface area contributed by atoms with Crippen LogP contribution in [0.25, 0.3) is 44.6 Å². The number of halogens is 2. The van der Waals surface area contributed by atoms with Crippen LogP contribution >= 0.6 is 0 Å². The van der Waals surface area contributed by atoms with E-state index in [1.54, 1.807) is 39.0 Å². The molecule has 0 bridgehead atoms. The van der Waals surface area contributed by atoms with Crippen LogP contribution in [0.4, 0.5) is 20.2 Å². The van der Waals surface area contributed by atoms with Gasteiger partial charge in [0.15, 0.2) is 11.6 Å². The van der Waals surface area contributed by atoms with Crippen molar-refractivity contribution in [1.29, 1.82) is 0 Å². The second kappa shape index (κ2) is 18.8. The summed E-state index contributed by atoms with van der Waals surface area (Å²) in [5, 5.41) is 10.4. The maximum Gasteiger partial charge on any atom is 0.326 e. The van der Waals surface area contributed by atoms with Gasteiger partial charge in [0.25, 0.3) is 0 Å². The van der Waals surface area contributed by atoms with Crippen LogP contribution < -0.4 is 8.61 Å². The third-order valence-corrected chi connectivity index (χ3v) is 13.6. The summed E-state index contributed by atoms with van der Waals surface area (Å²) >= 11 is 0. The maximum absolute atomic E-state index is 13.5. The molecule has 6 aromatic rings. The van der Waals surface area contributed by atoms with Crippen molar-refractivity contribution in [2.24, 2.45) is 0 Å². The van der Waals surface area contributed by atoms with Crippen LogP contribution in [0.1, 0.15) is 103 Å². The predicted octanol–water partition coefficient (Wildman–Crippen LogP) is 9.60. The number of anilines is 2. The van der Waals surface area contributed by atoms with Crippen molar-refractivity contribution in [2.75, 3.05) is 40.8 Å². The van der Waals surface area contributed by atoms with Gasteiger partial charge in [0.2, 0.25) is 20.0 Å². The summed E-state index contributed by atoms with van der Waals surface area (Å²) in [6.45, 7) is 4.06. The van der Waals surface area contributed by atoms with E-state index in [1.807, 2.05) is 0 Å². The minimum atomic E-state index is -3.89. The van der Waals surface area contributed by atoms with Crippen molar-refractivity contribution in [2.45, 2.75) is 71.1 Å². The Morgan fingerprint density at radius 2 is 1.02 bits per heavy atom. The molecule has 1 N–H and O–H groups in total. The van der Waals surface area contributed by atoms with Gasteiger partial charge in [-0.15, -0.1) is 0 Å². The molecule has 4 aromatic carbocycles. The number of carbonyl (C=O) groups is 4. The summed E-state index contributed by atoms with van der Waals surface area (Å²) in [6.07, 6.45) is 5.86. The van der Waals surface area contributed by atoms with E-state index in [0.717, 1.165) is 52.4 Å². The topological polar surface area (TPSA) is 199 Å². The number of nitrogens with zero attached hydrogens (tertiary/aromatic N) is 2. The van der Waals surface area contributed by atoms with Crippen molar-refractivity contribution >= 4 is 76.9 Å². The lowest BCUT2D eigenvalue weighted by Gasteiger charge is -2.24. The number of Topliss-reactive ketones (excluding diaryl/α,β-unsaturated/α-hetero) is 2. The minimum absolute atomic E-state index is 0.0706. The number of rotatable bonds is 17. The molecule has 14 nitrogen and oxygen atoms in total. The quantitative estimate of drug-likeness (QED) is 0.0672. The van der Waals surface area contributed by atoms with E-state index in [2.05, 4.69) is 0 Å². The lowest BCUT2D eigenvalue weighted by atomic mass is 9.97. The number of benzene rings is 4. The number of ketones is 2. The first-order chi connectivity index (χ1) is 31.2. The SMILES string of the molecule is CCC(=O)c1c(-c2ccc(F)cc2)oc2cc(N(CC(=O)O)S(C)(=O)=O)c(C3CC3)cc12.CCOC(=O)CN(c1cc2oc(-c3ccc(F)cc3)c(C(=O)CC)c2cc1C1CC1)S(C)(=O)=O. The molecule has 2 saturated carbocycles. The summed E-state index contributed by atoms with van der Waals surface area (Å²) in [6, 6.07) is 17.8. The molecule has 2 fully saturated rings. The lowest BCUT2D eigenvalue weighted by molar-refractivity contribution is -0.141. The fourth-order valence-electron chi connectivity index (χ4n) is 7.90. The van der Waals surface area contributed by atoms with Crippen LogP contribution in [0.3, 0.4) is 0 Å². The number of carboxylic acids is 1. The molecule has 0 amide bonds. The highest BCUT2D eigenvalue weighted by atomic mass is 32.2. The van der Waals surface area contributed by atoms with Crippen molar-refractivity contribution in [3.05, 3.63) is 107 Å². The summed E-state index contributed by atoms with van der Waals surface area (Å²) in [5.74, 6) is -2.34. The zero-order valence-electron chi connectivity index (χ0n) is 36.9. The summed E-state index contributed by atoms with van der Waals surface area (Å²) < 4.78 is 96.1. The van der Waals surface area contributed by atoms with E-state index >= 15 is 0 Å². The highest BCUT2D eigenvalue weighted by Crippen LogP contribution is 2.50. The Morgan fingerprint density at radius 1 is 0.636 bits per heavy atom. The van der Waals surface area contributed by atoms with Crippen molar-refractivity contribution in [3.8, 4) is 22.6 Å². The Bertz CT molecular complexity index is 3100. The van der Waals surface area contributed by atoms with Gasteiger partial charge in [-0.25, -0.2) is 25.6 Å². The van der Waals surface area contributed by atoms with Crippen LogP contribution in [-0.4, -0.2) is 77.7 Å². The first-order valence-electron chi connectivity index (χ1n) is 21.4. The highest BCUT2D eigenvalue weighted by molar-refractivity contribution is 7.92. The number of carboxylic acid groups (broad SMARTS) is 1. The highest BCUT2D eigenvalue weighted by Gasteiger charge is 2.36. The lowest BCUT2D eigenvalue weighted by Crippen LogP contribution is -2.36. The van der Waals surface area contributed by atoms with E-state index in [0.29, 0.717) is 55.6 Å². The van der Waals surface area contributed by atoms with Gasteiger partial charge in [-0.3, -0.25) is 27.8 Å². The molecule has 2 heterocycles. The molecule has 2 aliphatic rings. The molecule has 0 radical (unpaired) electrons. The molecule has 2 aromatic heterocycles. The minimum Gasteiger partial charge on any atom is -0.480 e. The molecular weight excluding hydrogens is 899 g/mol. The van der Waals surface area contributed by atoms with Gasteiger partial charge in [-0.1, -0.05) is 13.8 Å². The summed E-state index contributed by atoms with van der Waals surface area (Å²) in [7, 11) is -7.72. The second-order valence-electron chi connectivity index (χ2n) is 16.3. The van der Waals surface area contributed by atoms with Crippen molar-refractivity contribution in [3.63, 3.8) is 0 Å². The van der Waals surface area contributed by atoms with Gasteiger partial charge >= 0.3 is 11.9 Å². The average molecular weight is 947 g/mol. The van der Waals surface area contributed by atoms with Gasteiger partial charge in [0.1, 0.15) is 47.4 Å². The van der Waals surface area contributed by atoms with Crippen LogP contribution in [0.15, 0.2) is 81.6 Å². The molecule has 18 heteroatoms. The number of ether oxygens (including phenoxy) is 1. The molecule has 8 rings (SSSR count). The number of sulfonamides is 2. The normalized spacial score (nSPS) is 13.9. The van der Waals surface area contributed by atoms with Crippen molar-refractivity contribution in [1.82, 2.24) is 0 Å². The molecule has 348 valence electrons. The zero-order valence-corrected chi connectivity index (χ0v) is 38.5. The number of furan rings is 2. The Labute approximate surface area is 380 Å². The fourth-order valence-corrected chi connectivity index (χ4v) is 9.61. The van der Waals surface area contributed by atoms with Crippen LogP contribution in [0, 0.1) is 11.6 Å². The number of hydrogen-bond donors (Lipinski definition) is 1. The van der Waals surface area contributed by atoms with Crippen LogP contribution in [0.5, 0.6) is 0 Å². The van der Waals surface area contributed by atoms with E-state index < -0.39 is 56.7 Å². The molecule has 2 aliphatic carbocycles. The number of hydrogen-bond acceptors (Lipinski definition) is 11. The van der Waals surface area contributed by atoms with Gasteiger partial charge in [0.05, 0.1) is 41.6 Å². The third-order valence-electron chi connectivity index (χ3n) is 11.3. The second-order valence-corrected chi connectivity index (χ2v) is 20.1. The molecule has 66 heavy (non-hydrogen) atoms. The smallest absolute Gasteiger partial charge is 0.326 e. The first kappa shape index (κ1) is 47.6. The zero-order chi connectivity index (χ0) is 47.8. The third kappa shape index (κ3) is 10.2. The van der Waals surface area contributed by atoms with E-state index in [-0.39, 0.29) is 59.9 Å². The Balaban J connectivity index is 0.000000197. The summed E-state index contributed by atoms with van der Waals surface area (Å²) in [4.78, 5) is 49.4. The average Bonchev–Trinajstić information content (AvgIpc) is 4.21. The predicted molar refractivity (Wildman–Crippen MR) is 245 cm³/mol. The van der Waals surface area contributed by atoms with E-state index in [4.69, 9.17) is 13.6 Å². The molecule has 0 saturated heterocycles. The summed E-state index contributed by atoms with van der Waals surface area (Å²) in [5.41, 5.74) is 4.34. The van der Waals surface area contributed by atoms with Gasteiger partial charge in [-0.2, -0.15) is 0 Å². The van der Waals surface area contributed by atoms with E-state index in [9.17, 15) is 49.9 Å². The number of fused-ring (bicyclic) bond motifs is 2. The van der Waals surface area contributed by atoms with Crippen LogP contribution in [0.2, 0.25) is 0 Å². The standard InChI is InChI=1S/C25H26FNO6S.C23H22FNO6S/c1-4-21(28)24-19-12-18(15-6-7-15)20(27(34(3,30)31)14-23(29)32-5-2)13-22(19)33-25(24)16-8-10-17(26)11-9-16;1-3-19(26)22-17-10-16(13-4-5-13)18(25(12-21(27)28)32(2,29)30)11-20(17)31-23(22)14-6-8-15(24)9-7-14/h8-13,15H,4-7,14H2,1-3H3;6-11,13H,3-5,12H2,1-2H3,(H,27,28). The number of aliphatic carboxylic acids is 1. The molecule has 0 spiro atoms. The first-order valence-corrected chi connectivity index (χ1v) is 25.0. The Morgan fingerprint density at radius 3 is 1.33 bits per heavy atom. The molecule has 0 unspecified atom stereocenters. The Kier molecular flexibility index (Phi) is 13.6. The van der Waals surface area contributed by atoms with Crippen molar-refractivity contribution < 1.29 is 63.5 Å². The van der Waals surface area contributed by atoms with Gasteiger partial charge < -0.3 is 18.7 Å². The Hall–Kier alpha value is -6.40. The van der Waals surface area contributed by atoms with Gasteiger partial charge in [0, 0.05) is 46.9 Å². The number of carbonyl (C=O) groups excluding carboxylic acids is 3. The monoisotopic (exact) mass is 946 g/mol. The molecule has 0 atom stereocenters. The van der Waals surface area contributed by atoms with Crippen LogP contribution in [-0.2, 0) is 34.4 Å². The fraction of sp³-hybridized carbons (Fsp3) is 0.333. The maximum atomic E-state index is 13.5. The van der Waals surface area contributed by atoms with E-state index in [1.165, 1.54) is 54.6 Å².